The molecular weight excluding hydrogens is 208 g/mol. The zero-order chi connectivity index (χ0) is 12.0. The molecule has 0 aromatic carbocycles. The summed E-state index contributed by atoms with van der Waals surface area (Å²) < 4.78 is 1.55. The van der Waals surface area contributed by atoms with Gasteiger partial charge in [-0.25, -0.2) is 0 Å². The summed E-state index contributed by atoms with van der Waals surface area (Å²) >= 11 is 0. The lowest BCUT2D eigenvalue weighted by atomic mass is 10.1. The summed E-state index contributed by atoms with van der Waals surface area (Å²) in [7, 11) is 1.70. The Labute approximate surface area is 91.8 Å². The minimum atomic E-state index is -0.0933. The van der Waals surface area contributed by atoms with E-state index in [0.717, 1.165) is 0 Å². The second-order valence-electron chi connectivity index (χ2n) is 3.84. The monoisotopic (exact) mass is 221 g/mol. The van der Waals surface area contributed by atoms with Crippen molar-refractivity contribution < 1.29 is 14.4 Å². The van der Waals surface area contributed by atoms with E-state index in [0.29, 0.717) is 22.5 Å². The molecule has 2 aromatic heterocycles. The highest BCUT2D eigenvalue weighted by Gasteiger charge is 2.29. The molecule has 2 aromatic rings. The number of carbonyl (C=O) groups excluding carboxylic acids is 2. The van der Waals surface area contributed by atoms with Crippen LogP contribution in [0, 0.1) is 6.92 Å². The number of tetrazole rings is 1. The summed E-state index contributed by atoms with van der Waals surface area (Å²) in [5.41, 5.74) is 2.16. The number of rotatable bonds is 2. The predicted molar refractivity (Wildman–Crippen MR) is 55.5 cm³/mol. The van der Waals surface area contributed by atoms with Crippen LogP contribution in [0.2, 0.25) is 0 Å². The molecule has 0 aliphatic heterocycles. The third-order valence-electron chi connectivity index (χ3n) is 2.56. The smallest absolute Gasteiger partial charge is 0.294 e. The third-order valence-corrected chi connectivity index (χ3v) is 2.56. The molecule has 16 heavy (non-hydrogen) atoms. The summed E-state index contributed by atoms with van der Waals surface area (Å²) in [6.45, 7) is 4.70. The molecule has 0 saturated heterocycles. The fourth-order valence-electron chi connectivity index (χ4n) is 2.02. The van der Waals surface area contributed by atoms with Gasteiger partial charge in [-0.05, 0) is 18.9 Å². The Kier molecular flexibility index (Phi) is 2.15. The molecule has 6 nitrogen and oxygen atoms in total. The van der Waals surface area contributed by atoms with Crippen molar-refractivity contribution in [3.8, 4) is 0 Å². The van der Waals surface area contributed by atoms with Gasteiger partial charge in [-0.2, -0.15) is 0 Å². The summed E-state index contributed by atoms with van der Waals surface area (Å²) in [6, 6.07) is 0. The molecule has 0 atom stereocenters. The predicted octanol–water partition coefficient (Wildman–Crippen LogP) is 0.201. The quantitative estimate of drug-likeness (QED) is 0.581. The Morgan fingerprint density at radius 2 is 1.94 bits per heavy atom. The Hall–Kier alpha value is -1.98. The van der Waals surface area contributed by atoms with Gasteiger partial charge in [-0.15, -0.1) is 0 Å². The van der Waals surface area contributed by atoms with Gasteiger partial charge in [0.05, 0.1) is 5.56 Å². The number of carbonyl (C=O) groups is 2. The highest BCUT2D eigenvalue weighted by atomic mass is 16.1. The van der Waals surface area contributed by atoms with Gasteiger partial charge < -0.3 is 0 Å². The largest absolute Gasteiger partial charge is 0.297 e. The lowest BCUT2D eigenvalue weighted by molar-refractivity contribution is -0.783. The fraction of sp³-hybridized carbons (Fsp3) is 0.400. The topological polar surface area (TPSA) is 71.1 Å². The average Bonchev–Trinajstić information content (AvgIpc) is 2.56. The maximum Gasteiger partial charge on any atom is 0.297 e. The number of nitrogens with one attached hydrogen (secondary N) is 1. The van der Waals surface area contributed by atoms with Crippen LogP contribution < -0.4 is 4.80 Å². The van der Waals surface area contributed by atoms with Gasteiger partial charge in [-0.1, -0.05) is 14.5 Å². The summed E-state index contributed by atoms with van der Waals surface area (Å²) in [6.07, 6.45) is 0. The van der Waals surface area contributed by atoms with E-state index >= 15 is 0 Å². The molecule has 0 aliphatic carbocycles. The first-order valence-corrected chi connectivity index (χ1v) is 4.92. The standard InChI is InChI=1S/C10H12N4O2/c1-5-8(6(2)15)10-11-13(4)12-14(10)9(5)7(3)16/h1-4H3/p+1. The molecule has 0 unspecified atom stereocenters. The molecule has 0 bridgehead atoms. The van der Waals surface area contributed by atoms with Gasteiger partial charge >= 0.3 is 0 Å². The highest BCUT2D eigenvalue weighted by molar-refractivity contribution is 6.06. The van der Waals surface area contributed by atoms with E-state index in [9.17, 15) is 9.59 Å². The van der Waals surface area contributed by atoms with Crippen molar-refractivity contribution in [3.63, 3.8) is 0 Å². The molecule has 2 heterocycles. The van der Waals surface area contributed by atoms with Crippen LogP contribution in [0.15, 0.2) is 0 Å². The lowest BCUT2D eigenvalue weighted by Gasteiger charge is -1.91. The Morgan fingerprint density at radius 1 is 1.31 bits per heavy atom. The van der Waals surface area contributed by atoms with Crippen LogP contribution in [0.3, 0.4) is 0 Å². The van der Waals surface area contributed by atoms with E-state index in [1.54, 1.807) is 18.5 Å². The number of nitrogens with zero attached hydrogens (tertiary/aromatic N) is 3. The van der Waals surface area contributed by atoms with Crippen molar-refractivity contribution in [2.45, 2.75) is 20.8 Å². The van der Waals surface area contributed by atoms with E-state index in [1.165, 1.54) is 18.6 Å². The third kappa shape index (κ3) is 1.26. The molecule has 0 fully saturated rings. The molecule has 0 spiro atoms. The Bertz CT molecular complexity index is 556. The van der Waals surface area contributed by atoms with Gasteiger partial charge in [-0.3, -0.25) is 9.59 Å². The molecule has 6 heteroatoms. The number of H-pyrrole nitrogens is 1. The number of aromatic nitrogens is 4. The van der Waals surface area contributed by atoms with Gasteiger partial charge in [0.25, 0.3) is 5.65 Å². The first-order chi connectivity index (χ1) is 7.43. The first kappa shape index (κ1) is 10.5. The number of ketones is 2. The van der Waals surface area contributed by atoms with Gasteiger partial charge in [0, 0.05) is 12.5 Å². The van der Waals surface area contributed by atoms with Crippen molar-refractivity contribution in [1.82, 2.24) is 14.8 Å². The maximum atomic E-state index is 11.5. The van der Waals surface area contributed by atoms with Crippen molar-refractivity contribution in [3.05, 3.63) is 16.8 Å². The average molecular weight is 221 g/mol. The van der Waals surface area contributed by atoms with Gasteiger partial charge in [0.2, 0.25) is 11.5 Å². The van der Waals surface area contributed by atoms with E-state index in [1.807, 2.05) is 0 Å². The zero-order valence-electron chi connectivity index (χ0n) is 9.66. The van der Waals surface area contributed by atoms with E-state index in [2.05, 4.69) is 10.3 Å². The number of aromatic amines is 1. The van der Waals surface area contributed by atoms with E-state index < -0.39 is 0 Å². The maximum absolute atomic E-state index is 11.5. The van der Waals surface area contributed by atoms with Crippen molar-refractivity contribution in [1.29, 1.82) is 0 Å². The molecule has 0 saturated carbocycles. The minimum absolute atomic E-state index is 0.0883. The van der Waals surface area contributed by atoms with E-state index in [-0.39, 0.29) is 11.6 Å². The molecule has 0 amide bonds. The highest BCUT2D eigenvalue weighted by Crippen LogP contribution is 2.20. The van der Waals surface area contributed by atoms with Gasteiger partial charge in [0.15, 0.2) is 5.78 Å². The van der Waals surface area contributed by atoms with Crippen LogP contribution >= 0.6 is 0 Å². The minimum Gasteiger partial charge on any atom is -0.294 e. The lowest BCUT2D eigenvalue weighted by Crippen LogP contribution is -2.34. The van der Waals surface area contributed by atoms with Crippen LogP contribution in [0.1, 0.15) is 40.3 Å². The zero-order valence-corrected chi connectivity index (χ0v) is 9.66. The first-order valence-electron chi connectivity index (χ1n) is 4.92. The van der Waals surface area contributed by atoms with Crippen molar-refractivity contribution >= 4 is 17.2 Å². The molecule has 0 aliphatic rings. The van der Waals surface area contributed by atoms with Crippen molar-refractivity contribution in [2.75, 3.05) is 0 Å². The molecule has 0 radical (unpaired) electrons. The number of aryl methyl sites for hydroxylation is 1. The number of Topliss-reactive ketones (excluding diaryl/α,β-unsaturated/α-hetero) is 2. The van der Waals surface area contributed by atoms with Gasteiger partial charge in [0.1, 0.15) is 7.05 Å². The van der Waals surface area contributed by atoms with Crippen LogP contribution in [0.4, 0.5) is 0 Å². The molecular formula is C10H13N4O2+. The number of hydrogen-bond acceptors (Lipinski definition) is 3. The van der Waals surface area contributed by atoms with Crippen LogP contribution in [0.25, 0.3) is 5.65 Å². The summed E-state index contributed by atoms with van der Waals surface area (Å²) in [4.78, 5) is 24.5. The normalized spacial score (nSPS) is 11.0. The second-order valence-corrected chi connectivity index (χ2v) is 3.84. The SMILES string of the molecule is CC(=O)c1c(C)c(C(C)=O)n2[nH][n+](C)nc12. The molecule has 2 rings (SSSR count). The van der Waals surface area contributed by atoms with Crippen molar-refractivity contribution in [2.24, 2.45) is 7.05 Å². The van der Waals surface area contributed by atoms with Crippen LogP contribution in [-0.2, 0) is 7.05 Å². The fourth-order valence-corrected chi connectivity index (χ4v) is 2.02. The summed E-state index contributed by atoms with van der Waals surface area (Å²) in [5.74, 6) is -0.182. The summed E-state index contributed by atoms with van der Waals surface area (Å²) in [5, 5.41) is 7.02. The van der Waals surface area contributed by atoms with Crippen LogP contribution in [-0.4, -0.2) is 26.4 Å². The van der Waals surface area contributed by atoms with Crippen LogP contribution in [0.5, 0.6) is 0 Å². The Balaban J connectivity index is 2.94. The number of hydrogen-bond donors (Lipinski definition) is 1. The second kappa shape index (κ2) is 3.26. The number of fused-ring (bicyclic) bond motifs is 1. The molecule has 84 valence electrons. The molecule has 1 N–H and O–H groups in total. The van der Waals surface area contributed by atoms with E-state index in [4.69, 9.17) is 0 Å². The Morgan fingerprint density at radius 3 is 2.44 bits per heavy atom.